The normalized spacial score (nSPS) is 16.0. The van der Waals surface area contributed by atoms with Crippen LogP contribution in [0.4, 0.5) is 0 Å². The van der Waals surface area contributed by atoms with E-state index in [1.165, 1.54) is 6.42 Å². The van der Waals surface area contributed by atoms with Gasteiger partial charge in [0.05, 0.1) is 5.66 Å². The van der Waals surface area contributed by atoms with Gasteiger partial charge in [0.25, 0.3) is 0 Å². The number of rotatable bonds is 8. The molecule has 3 heteroatoms. The first-order valence-corrected chi connectivity index (χ1v) is 8.04. The zero-order valence-corrected chi connectivity index (χ0v) is 14.2. The van der Waals surface area contributed by atoms with Gasteiger partial charge in [-0.1, -0.05) is 38.8 Å². The van der Waals surface area contributed by atoms with Crippen molar-refractivity contribution < 1.29 is 5.11 Å². The van der Waals surface area contributed by atoms with E-state index in [0.29, 0.717) is 5.75 Å². The topological polar surface area (TPSA) is 58.3 Å². The van der Waals surface area contributed by atoms with E-state index in [2.05, 4.69) is 39.1 Å². The molecular weight excluding hydrogens is 260 g/mol. The summed E-state index contributed by atoms with van der Waals surface area (Å²) in [5.74, 6) is 1.10. The van der Waals surface area contributed by atoms with E-state index in [1.54, 1.807) is 0 Å². The Morgan fingerprint density at radius 2 is 1.95 bits per heavy atom. The summed E-state index contributed by atoms with van der Waals surface area (Å²) in [6.45, 7) is 10.6. The van der Waals surface area contributed by atoms with Gasteiger partial charge in [-0.05, 0) is 56.7 Å². The number of nitrogens with one attached hydrogen (secondary N) is 1. The molecule has 0 heterocycles. The number of aryl methyl sites for hydroxylation is 1. The van der Waals surface area contributed by atoms with Gasteiger partial charge >= 0.3 is 0 Å². The van der Waals surface area contributed by atoms with Crippen molar-refractivity contribution >= 4 is 0 Å². The summed E-state index contributed by atoms with van der Waals surface area (Å²) in [7, 11) is 0. The van der Waals surface area contributed by atoms with Crippen LogP contribution in [0, 0.1) is 12.8 Å². The van der Waals surface area contributed by atoms with Gasteiger partial charge in [0.2, 0.25) is 0 Å². The summed E-state index contributed by atoms with van der Waals surface area (Å²) in [5, 5.41) is 13.3. The molecule has 3 nitrogen and oxygen atoms in total. The highest BCUT2D eigenvalue weighted by Gasteiger charge is 2.20. The summed E-state index contributed by atoms with van der Waals surface area (Å²) in [6, 6.07) is 6.16. The molecule has 0 aliphatic heterocycles. The molecular formula is C18H32N2O. The predicted molar refractivity (Wildman–Crippen MR) is 90.4 cm³/mol. The highest BCUT2D eigenvalue weighted by Crippen LogP contribution is 2.19. The number of aromatic hydroxyl groups is 1. The lowest BCUT2D eigenvalue weighted by molar-refractivity contribution is 0.290. The maximum Gasteiger partial charge on any atom is 0.118 e. The molecule has 2 atom stereocenters. The maximum atomic E-state index is 9.77. The molecule has 0 aliphatic rings. The van der Waals surface area contributed by atoms with E-state index >= 15 is 0 Å². The molecule has 1 rings (SSSR count). The molecule has 0 bridgehead atoms. The summed E-state index contributed by atoms with van der Waals surface area (Å²) in [4.78, 5) is 0. The Balaban J connectivity index is 2.47. The fraction of sp³-hybridized carbons (Fsp3) is 0.667. The van der Waals surface area contributed by atoms with Crippen LogP contribution in [-0.4, -0.2) is 16.8 Å². The van der Waals surface area contributed by atoms with Crippen LogP contribution in [0.15, 0.2) is 18.2 Å². The minimum absolute atomic E-state index is 0.279. The van der Waals surface area contributed by atoms with Crippen LogP contribution in [0.5, 0.6) is 5.75 Å². The first-order chi connectivity index (χ1) is 9.69. The SMILES string of the molecule is Cc1ccc(CC(C)NC(C)(N)CCCC(C)C)cc1O. The Hall–Kier alpha value is -1.06. The van der Waals surface area contributed by atoms with Crippen molar-refractivity contribution in [2.45, 2.75) is 72.0 Å². The number of hydrogen-bond acceptors (Lipinski definition) is 3. The Morgan fingerprint density at radius 1 is 1.29 bits per heavy atom. The fourth-order valence-electron chi connectivity index (χ4n) is 2.70. The van der Waals surface area contributed by atoms with Gasteiger partial charge in [-0.15, -0.1) is 0 Å². The van der Waals surface area contributed by atoms with Gasteiger partial charge in [-0.3, -0.25) is 5.32 Å². The number of phenols is 1. The highest BCUT2D eigenvalue weighted by molar-refractivity contribution is 5.35. The smallest absolute Gasteiger partial charge is 0.118 e. The molecule has 1 aromatic carbocycles. The molecule has 0 saturated carbocycles. The van der Waals surface area contributed by atoms with Crippen molar-refractivity contribution in [2.24, 2.45) is 11.7 Å². The zero-order chi connectivity index (χ0) is 16.0. The third-order valence-electron chi connectivity index (χ3n) is 3.87. The molecule has 0 amide bonds. The van der Waals surface area contributed by atoms with Crippen molar-refractivity contribution in [3.8, 4) is 5.75 Å². The summed E-state index contributed by atoms with van der Waals surface area (Å²) < 4.78 is 0. The number of nitrogens with two attached hydrogens (primary N) is 1. The van der Waals surface area contributed by atoms with E-state index in [-0.39, 0.29) is 11.7 Å². The van der Waals surface area contributed by atoms with Crippen LogP contribution in [0.2, 0.25) is 0 Å². The lowest BCUT2D eigenvalue weighted by Crippen LogP contribution is -2.54. The van der Waals surface area contributed by atoms with Crippen molar-refractivity contribution in [1.82, 2.24) is 5.32 Å². The van der Waals surface area contributed by atoms with Crippen LogP contribution in [0.25, 0.3) is 0 Å². The Kier molecular flexibility index (Phi) is 6.69. The van der Waals surface area contributed by atoms with Gasteiger partial charge in [0, 0.05) is 6.04 Å². The predicted octanol–water partition coefficient (Wildman–Crippen LogP) is 3.72. The van der Waals surface area contributed by atoms with Crippen molar-refractivity contribution in [2.75, 3.05) is 0 Å². The van der Waals surface area contributed by atoms with Gasteiger partial charge in [0.15, 0.2) is 0 Å². The quantitative estimate of drug-likeness (QED) is 0.640. The highest BCUT2D eigenvalue weighted by atomic mass is 16.3. The van der Waals surface area contributed by atoms with Gasteiger partial charge in [0.1, 0.15) is 5.75 Å². The number of hydrogen-bond donors (Lipinski definition) is 3. The Labute approximate surface area is 129 Å². The molecule has 0 aromatic heterocycles. The van der Waals surface area contributed by atoms with E-state index in [0.717, 1.165) is 36.3 Å². The van der Waals surface area contributed by atoms with E-state index in [9.17, 15) is 5.11 Å². The first kappa shape index (κ1) is 18.0. The first-order valence-electron chi connectivity index (χ1n) is 8.04. The van der Waals surface area contributed by atoms with Crippen LogP contribution >= 0.6 is 0 Å². The third-order valence-corrected chi connectivity index (χ3v) is 3.87. The molecule has 4 N–H and O–H groups in total. The standard InChI is InChI=1S/C18H32N2O/c1-13(2)7-6-10-18(5,19)20-15(4)11-16-9-8-14(3)17(21)12-16/h8-9,12-13,15,20-21H,6-7,10-11,19H2,1-5H3. The van der Waals surface area contributed by atoms with Crippen molar-refractivity contribution in [1.29, 1.82) is 0 Å². The second-order valence-corrected chi connectivity index (χ2v) is 7.07. The monoisotopic (exact) mass is 292 g/mol. The van der Waals surface area contributed by atoms with Crippen LogP contribution in [0.3, 0.4) is 0 Å². The summed E-state index contributed by atoms with van der Waals surface area (Å²) in [5.41, 5.74) is 8.07. The lowest BCUT2D eigenvalue weighted by atomic mass is 9.98. The van der Waals surface area contributed by atoms with Crippen molar-refractivity contribution in [3.05, 3.63) is 29.3 Å². The molecule has 0 spiro atoms. The van der Waals surface area contributed by atoms with E-state index in [4.69, 9.17) is 5.73 Å². The second kappa shape index (κ2) is 7.81. The lowest BCUT2D eigenvalue weighted by Gasteiger charge is -2.30. The summed E-state index contributed by atoms with van der Waals surface area (Å²) >= 11 is 0. The third kappa shape index (κ3) is 6.96. The van der Waals surface area contributed by atoms with Gasteiger partial charge in [-0.25, -0.2) is 0 Å². The zero-order valence-electron chi connectivity index (χ0n) is 14.2. The second-order valence-electron chi connectivity index (χ2n) is 7.07. The Morgan fingerprint density at radius 3 is 2.52 bits per heavy atom. The van der Waals surface area contributed by atoms with Gasteiger partial charge < -0.3 is 10.8 Å². The molecule has 0 fully saturated rings. The van der Waals surface area contributed by atoms with Crippen LogP contribution in [0.1, 0.15) is 58.1 Å². The molecule has 0 radical (unpaired) electrons. The van der Waals surface area contributed by atoms with Crippen LogP contribution < -0.4 is 11.1 Å². The molecule has 21 heavy (non-hydrogen) atoms. The average molecular weight is 292 g/mol. The average Bonchev–Trinajstić information content (AvgIpc) is 2.32. The maximum absolute atomic E-state index is 9.77. The molecule has 2 unspecified atom stereocenters. The molecule has 0 saturated heterocycles. The number of phenolic OH excluding ortho intramolecular Hbond substituents is 1. The minimum Gasteiger partial charge on any atom is -0.508 e. The van der Waals surface area contributed by atoms with Gasteiger partial charge in [-0.2, -0.15) is 0 Å². The summed E-state index contributed by atoms with van der Waals surface area (Å²) in [6.07, 6.45) is 4.21. The van der Waals surface area contributed by atoms with Crippen molar-refractivity contribution in [3.63, 3.8) is 0 Å². The minimum atomic E-state index is -0.332. The van der Waals surface area contributed by atoms with E-state index < -0.39 is 0 Å². The largest absolute Gasteiger partial charge is 0.508 e. The molecule has 0 aliphatic carbocycles. The van der Waals surface area contributed by atoms with E-state index in [1.807, 2.05) is 19.1 Å². The Bertz CT molecular complexity index is 441. The molecule has 1 aromatic rings. The fourth-order valence-corrected chi connectivity index (χ4v) is 2.70. The number of benzene rings is 1. The molecule has 120 valence electrons. The van der Waals surface area contributed by atoms with Crippen LogP contribution in [-0.2, 0) is 6.42 Å².